The largest absolute Gasteiger partial charge is 0.396 e. The van der Waals surface area contributed by atoms with Gasteiger partial charge < -0.3 is 10.0 Å². The lowest BCUT2D eigenvalue weighted by molar-refractivity contribution is -0.133. The Morgan fingerprint density at radius 3 is 2.52 bits per heavy atom. The van der Waals surface area contributed by atoms with Crippen LogP contribution in [-0.4, -0.2) is 54.1 Å². The highest BCUT2D eigenvalue weighted by molar-refractivity contribution is 5.78. The molecule has 1 amide bonds. The number of aliphatic hydroxyl groups excluding tert-OH is 1. The van der Waals surface area contributed by atoms with Crippen LogP contribution in [0.2, 0.25) is 0 Å². The Labute approximate surface area is 127 Å². The number of nitrogens with zero attached hydrogens (tertiary/aromatic N) is 2. The van der Waals surface area contributed by atoms with Gasteiger partial charge in [0.25, 0.3) is 0 Å². The van der Waals surface area contributed by atoms with Crippen LogP contribution in [0, 0.1) is 0 Å². The van der Waals surface area contributed by atoms with Crippen molar-refractivity contribution in [3.05, 3.63) is 35.9 Å². The third kappa shape index (κ3) is 4.55. The standard InChI is InChI=1S/C17H26N2O2/c1-18(14-17(21)19-11-6-3-7-12-19)16(10-13-20)15-8-4-2-5-9-15/h2,4-5,8-9,16,20H,3,6-7,10-14H2,1H3. The quantitative estimate of drug-likeness (QED) is 0.872. The van der Waals surface area contributed by atoms with Crippen LogP contribution in [0.5, 0.6) is 0 Å². The summed E-state index contributed by atoms with van der Waals surface area (Å²) in [6.45, 7) is 2.33. The summed E-state index contributed by atoms with van der Waals surface area (Å²) in [5.74, 6) is 0.205. The molecular weight excluding hydrogens is 264 g/mol. The zero-order chi connectivity index (χ0) is 15.1. The molecule has 1 fully saturated rings. The molecule has 1 aromatic carbocycles. The number of hydrogen-bond acceptors (Lipinski definition) is 3. The minimum absolute atomic E-state index is 0.0879. The lowest BCUT2D eigenvalue weighted by Crippen LogP contribution is -2.42. The van der Waals surface area contributed by atoms with E-state index < -0.39 is 0 Å². The van der Waals surface area contributed by atoms with Crippen molar-refractivity contribution in [2.75, 3.05) is 33.3 Å². The molecule has 0 bridgehead atoms. The molecule has 1 atom stereocenters. The highest BCUT2D eigenvalue weighted by Gasteiger charge is 2.22. The lowest BCUT2D eigenvalue weighted by Gasteiger charge is -2.32. The number of amides is 1. The van der Waals surface area contributed by atoms with Crippen molar-refractivity contribution >= 4 is 5.91 Å². The van der Waals surface area contributed by atoms with E-state index in [4.69, 9.17) is 0 Å². The van der Waals surface area contributed by atoms with E-state index in [2.05, 4.69) is 17.0 Å². The third-order valence-corrected chi connectivity index (χ3v) is 4.21. The number of likely N-dealkylation sites (N-methyl/N-ethyl adjacent to an activating group) is 1. The highest BCUT2D eigenvalue weighted by Crippen LogP contribution is 2.22. The first-order valence-electron chi connectivity index (χ1n) is 7.86. The van der Waals surface area contributed by atoms with Gasteiger partial charge in [-0.05, 0) is 38.3 Å². The van der Waals surface area contributed by atoms with E-state index in [0.717, 1.165) is 31.5 Å². The smallest absolute Gasteiger partial charge is 0.236 e. The van der Waals surface area contributed by atoms with E-state index in [1.165, 1.54) is 6.42 Å². The van der Waals surface area contributed by atoms with Crippen molar-refractivity contribution in [2.45, 2.75) is 31.7 Å². The minimum Gasteiger partial charge on any atom is -0.396 e. The summed E-state index contributed by atoms with van der Waals surface area (Å²) >= 11 is 0. The van der Waals surface area contributed by atoms with Gasteiger partial charge in [0.15, 0.2) is 0 Å². The fraction of sp³-hybridized carbons (Fsp3) is 0.588. The third-order valence-electron chi connectivity index (χ3n) is 4.21. The summed E-state index contributed by atoms with van der Waals surface area (Å²) in [4.78, 5) is 16.4. The molecule has 0 saturated carbocycles. The van der Waals surface area contributed by atoms with Crippen molar-refractivity contribution in [3.63, 3.8) is 0 Å². The molecular formula is C17H26N2O2. The zero-order valence-electron chi connectivity index (χ0n) is 12.9. The number of carbonyl (C=O) groups excluding carboxylic acids is 1. The Hall–Kier alpha value is -1.39. The van der Waals surface area contributed by atoms with E-state index >= 15 is 0 Å². The Bertz CT molecular complexity index is 430. The molecule has 4 heteroatoms. The average molecular weight is 290 g/mol. The number of carbonyl (C=O) groups is 1. The SMILES string of the molecule is CN(CC(=O)N1CCCCC1)C(CCO)c1ccccc1. The Morgan fingerprint density at radius 2 is 1.90 bits per heavy atom. The maximum Gasteiger partial charge on any atom is 0.236 e. The molecule has 0 spiro atoms. The molecule has 1 aliphatic heterocycles. The van der Waals surface area contributed by atoms with Gasteiger partial charge in [-0.1, -0.05) is 30.3 Å². The fourth-order valence-electron chi connectivity index (χ4n) is 3.01. The first-order chi connectivity index (χ1) is 10.2. The molecule has 1 saturated heterocycles. The molecule has 116 valence electrons. The zero-order valence-corrected chi connectivity index (χ0v) is 12.9. The van der Waals surface area contributed by atoms with E-state index in [-0.39, 0.29) is 18.6 Å². The molecule has 1 unspecified atom stereocenters. The summed E-state index contributed by atoms with van der Waals surface area (Å²) < 4.78 is 0. The normalized spacial score (nSPS) is 17.0. The number of hydrogen-bond donors (Lipinski definition) is 1. The molecule has 0 radical (unpaired) electrons. The van der Waals surface area contributed by atoms with Crippen LogP contribution in [0.4, 0.5) is 0 Å². The summed E-state index contributed by atoms with van der Waals surface area (Å²) in [5, 5.41) is 9.31. The Balaban J connectivity index is 1.98. The average Bonchev–Trinajstić information content (AvgIpc) is 2.54. The van der Waals surface area contributed by atoms with E-state index in [1.54, 1.807) is 0 Å². The second-order valence-electron chi connectivity index (χ2n) is 5.80. The van der Waals surface area contributed by atoms with Gasteiger partial charge >= 0.3 is 0 Å². The van der Waals surface area contributed by atoms with Gasteiger partial charge in [0.1, 0.15) is 0 Å². The number of aliphatic hydroxyl groups is 1. The van der Waals surface area contributed by atoms with Gasteiger partial charge in [0.2, 0.25) is 5.91 Å². The summed E-state index contributed by atoms with van der Waals surface area (Å²) in [6.07, 6.45) is 4.12. The van der Waals surface area contributed by atoms with Crippen molar-refractivity contribution in [1.29, 1.82) is 0 Å². The monoisotopic (exact) mass is 290 g/mol. The lowest BCUT2D eigenvalue weighted by atomic mass is 10.0. The van der Waals surface area contributed by atoms with Crippen LogP contribution in [-0.2, 0) is 4.79 Å². The molecule has 4 nitrogen and oxygen atoms in total. The van der Waals surface area contributed by atoms with E-state index in [1.807, 2.05) is 30.1 Å². The van der Waals surface area contributed by atoms with E-state index in [9.17, 15) is 9.90 Å². The Morgan fingerprint density at radius 1 is 1.24 bits per heavy atom. The van der Waals surface area contributed by atoms with Crippen LogP contribution in [0.25, 0.3) is 0 Å². The minimum atomic E-state index is 0.0879. The second kappa shape index (κ2) is 8.15. The topological polar surface area (TPSA) is 43.8 Å². The molecule has 0 aliphatic carbocycles. The summed E-state index contributed by atoms with van der Waals surface area (Å²) in [6, 6.07) is 10.2. The van der Waals surface area contributed by atoms with Gasteiger partial charge in [0.05, 0.1) is 6.54 Å². The molecule has 21 heavy (non-hydrogen) atoms. The van der Waals surface area contributed by atoms with Gasteiger partial charge in [-0.2, -0.15) is 0 Å². The van der Waals surface area contributed by atoms with Crippen LogP contribution in [0.1, 0.15) is 37.3 Å². The van der Waals surface area contributed by atoms with Gasteiger partial charge in [-0.3, -0.25) is 9.69 Å². The first-order valence-corrected chi connectivity index (χ1v) is 7.86. The molecule has 1 aromatic rings. The van der Waals surface area contributed by atoms with Crippen molar-refractivity contribution in [1.82, 2.24) is 9.80 Å². The molecule has 0 aromatic heterocycles. The number of piperidine rings is 1. The maximum atomic E-state index is 12.4. The molecule has 1 aliphatic rings. The Kier molecular flexibility index (Phi) is 6.21. The summed E-state index contributed by atoms with van der Waals surface area (Å²) in [7, 11) is 1.97. The van der Waals surface area contributed by atoms with Crippen molar-refractivity contribution in [3.8, 4) is 0 Å². The fourth-order valence-corrected chi connectivity index (χ4v) is 3.01. The van der Waals surface area contributed by atoms with Gasteiger partial charge in [-0.25, -0.2) is 0 Å². The van der Waals surface area contributed by atoms with Crippen LogP contribution < -0.4 is 0 Å². The van der Waals surface area contributed by atoms with Crippen LogP contribution in [0.15, 0.2) is 30.3 Å². The second-order valence-corrected chi connectivity index (χ2v) is 5.80. The van der Waals surface area contributed by atoms with Gasteiger partial charge in [0, 0.05) is 25.7 Å². The first kappa shape index (κ1) is 16.0. The van der Waals surface area contributed by atoms with Crippen molar-refractivity contribution in [2.24, 2.45) is 0 Å². The van der Waals surface area contributed by atoms with Crippen molar-refractivity contribution < 1.29 is 9.90 Å². The maximum absolute atomic E-state index is 12.4. The van der Waals surface area contributed by atoms with Crippen LogP contribution in [0.3, 0.4) is 0 Å². The molecule has 2 rings (SSSR count). The number of rotatable bonds is 6. The predicted octanol–water partition coefficient (Wildman–Crippen LogP) is 2.05. The number of likely N-dealkylation sites (tertiary alicyclic amines) is 1. The number of benzene rings is 1. The van der Waals surface area contributed by atoms with E-state index in [0.29, 0.717) is 13.0 Å². The molecule has 1 heterocycles. The van der Waals surface area contributed by atoms with Crippen LogP contribution >= 0.6 is 0 Å². The highest BCUT2D eigenvalue weighted by atomic mass is 16.3. The summed E-state index contributed by atoms with van der Waals surface area (Å²) in [5.41, 5.74) is 1.15. The van der Waals surface area contributed by atoms with Gasteiger partial charge in [-0.15, -0.1) is 0 Å². The molecule has 1 N–H and O–H groups in total. The predicted molar refractivity (Wildman–Crippen MR) is 83.9 cm³/mol.